The average Bonchev–Trinajstić information content (AvgIpc) is 2.47. The van der Waals surface area contributed by atoms with Gasteiger partial charge in [-0.25, -0.2) is 0 Å². The summed E-state index contributed by atoms with van der Waals surface area (Å²) in [5, 5.41) is 3.41. The molecule has 2 rings (SSSR count). The zero-order valence-corrected chi connectivity index (χ0v) is 12.3. The molecule has 2 aromatic carbocycles. The molecule has 1 amide bonds. The van der Waals surface area contributed by atoms with E-state index in [1.807, 2.05) is 0 Å². The number of benzene rings is 2. The summed E-state index contributed by atoms with van der Waals surface area (Å²) in [5.41, 5.74) is 0.554. The monoisotopic (exact) mass is 307 g/mol. The Morgan fingerprint density at radius 2 is 1.90 bits per heavy atom. The van der Waals surface area contributed by atoms with Gasteiger partial charge in [-0.05, 0) is 42.5 Å². The maximum atomic E-state index is 11.8. The first-order chi connectivity index (χ1) is 9.69. The summed E-state index contributed by atoms with van der Waals surface area (Å²) in [5.74, 6) is 1.74. The number of nitrogens with one attached hydrogen (secondary N) is 1. The highest BCUT2D eigenvalue weighted by atomic mass is 35.5. The van der Waals surface area contributed by atoms with Crippen molar-refractivity contribution >= 4 is 30.1 Å². The van der Waals surface area contributed by atoms with Crippen molar-refractivity contribution in [2.45, 2.75) is 0 Å². The molecular formula is C15H14ClNO2S. The topological polar surface area (TPSA) is 38.3 Å². The molecule has 0 aliphatic heterocycles. The van der Waals surface area contributed by atoms with Crippen LogP contribution in [0.1, 0.15) is 10.4 Å². The molecule has 0 saturated carbocycles. The number of carbonyl (C=O) groups is 1. The Balaban J connectivity index is 2.09. The molecule has 2 aromatic rings. The minimum absolute atomic E-state index is 0.138. The van der Waals surface area contributed by atoms with Gasteiger partial charge in [0.05, 0.1) is 0 Å². The largest absolute Gasteiger partial charge is 0.457 e. The fourth-order valence-electron chi connectivity index (χ4n) is 1.61. The summed E-state index contributed by atoms with van der Waals surface area (Å²) >= 11 is 9.87. The standard InChI is InChI=1S/C15H14ClNO2S/c16-12-4-6-13(7-5-12)19-14-3-1-2-11(10-14)15(18)17-8-9-20/h1-7,10,20H,8-9H2,(H,17,18). The van der Waals surface area contributed by atoms with Gasteiger partial charge in [0.1, 0.15) is 11.5 Å². The maximum absolute atomic E-state index is 11.8. The summed E-state index contributed by atoms with van der Waals surface area (Å²) in [6, 6.07) is 14.1. The van der Waals surface area contributed by atoms with E-state index >= 15 is 0 Å². The van der Waals surface area contributed by atoms with Crippen LogP contribution in [0.25, 0.3) is 0 Å². The van der Waals surface area contributed by atoms with Crippen molar-refractivity contribution in [3.63, 3.8) is 0 Å². The van der Waals surface area contributed by atoms with E-state index in [2.05, 4.69) is 17.9 Å². The maximum Gasteiger partial charge on any atom is 0.251 e. The van der Waals surface area contributed by atoms with E-state index < -0.39 is 0 Å². The van der Waals surface area contributed by atoms with E-state index in [1.165, 1.54) is 0 Å². The molecule has 0 saturated heterocycles. The molecule has 0 bridgehead atoms. The lowest BCUT2D eigenvalue weighted by molar-refractivity contribution is 0.0956. The van der Waals surface area contributed by atoms with Crippen LogP contribution in [0.15, 0.2) is 48.5 Å². The minimum Gasteiger partial charge on any atom is -0.457 e. The summed E-state index contributed by atoms with van der Waals surface area (Å²) in [7, 11) is 0. The minimum atomic E-state index is -0.138. The highest BCUT2D eigenvalue weighted by molar-refractivity contribution is 7.80. The Kier molecular flexibility index (Phi) is 5.32. The van der Waals surface area contributed by atoms with Gasteiger partial charge in [0, 0.05) is 22.9 Å². The molecular weight excluding hydrogens is 294 g/mol. The van der Waals surface area contributed by atoms with Crippen molar-refractivity contribution in [2.75, 3.05) is 12.3 Å². The van der Waals surface area contributed by atoms with Crippen molar-refractivity contribution in [3.05, 3.63) is 59.1 Å². The highest BCUT2D eigenvalue weighted by Gasteiger charge is 2.06. The number of halogens is 1. The second kappa shape index (κ2) is 7.22. The highest BCUT2D eigenvalue weighted by Crippen LogP contribution is 2.23. The van der Waals surface area contributed by atoms with Crippen LogP contribution in [0, 0.1) is 0 Å². The van der Waals surface area contributed by atoms with Crippen LogP contribution in [0.5, 0.6) is 11.5 Å². The van der Waals surface area contributed by atoms with E-state index in [-0.39, 0.29) is 5.91 Å². The molecule has 3 nitrogen and oxygen atoms in total. The van der Waals surface area contributed by atoms with E-state index in [0.29, 0.717) is 34.4 Å². The van der Waals surface area contributed by atoms with E-state index in [4.69, 9.17) is 16.3 Å². The average molecular weight is 308 g/mol. The third kappa shape index (κ3) is 4.18. The third-order valence-corrected chi connectivity index (χ3v) is 3.02. The molecule has 0 fully saturated rings. The molecule has 0 unspecified atom stereocenters. The molecule has 0 spiro atoms. The molecule has 0 aliphatic carbocycles. The molecule has 5 heteroatoms. The molecule has 0 aromatic heterocycles. The third-order valence-electron chi connectivity index (χ3n) is 2.54. The van der Waals surface area contributed by atoms with Crippen LogP contribution in [0.4, 0.5) is 0 Å². The fraction of sp³-hybridized carbons (Fsp3) is 0.133. The van der Waals surface area contributed by atoms with E-state index in [9.17, 15) is 4.79 Å². The molecule has 0 radical (unpaired) electrons. The molecule has 0 atom stereocenters. The van der Waals surface area contributed by atoms with Gasteiger partial charge in [0.25, 0.3) is 5.91 Å². The second-order valence-corrected chi connectivity index (χ2v) is 4.95. The summed E-state index contributed by atoms with van der Waals surface area (Å²) < 4.78 is 5.67. The van der Waals surface area contributed by atoms with Crippen molar-refractivity contribution in [1.29, 1.82) is 0 Å². The van der Waals surface area contributed by atoms with Crippen LogP contribution in [0.2, 0.25) is 5.02 Å². The van der Waals surface area contributed by atoms with Crippen LogP contribution in [0.3, 0.4) is 0 Å². The van der Waals surface area contributed by atoms with Gasteiger partial charge >= 0.3 is 0 Å². The van der Waals surface area contributed by atoms with Gasteiger partial charge in [-0.15, -0.1) is 0 Å². The fourth-order valence-corrected chi connectivity index (χ4v) is 1.85. The van der Waals surface area contributed by atoms with Gasteiger partial charge in [-0.1, -0.05) is 17.7 Å². The normalized spacial score (nSPS) is 10.1. The van der Waals surface area contributed by atoms with Crippen LogP contribution < -0.4 is 10.1 Å². The number of amides is 1. The smallest absolute Gasteiger partial charge is 0.251 e. The number of ether oxygens (including phenoxy) is 1. The Labute approximate surface area is 128 Å². The van der Waals surface area contributed by atoms with Crippen molar-refractivity contribution in [2.24, 2.45) is 0 Å². The molecule has 0 heterocycles. The van der Waals surface area contributed by atoms with Gasteiger partial charge in [0.2, 0.25) is 0 Å². The summed E-state index contributed by atoms with van der Waals surface area (Å²) in [6.07, 6.45) is 0. The Morgan fingerprint density at radius 3 is 2.60 bits per heavy atom. The first kappa shape index (κ1) is 14.8. The quantitative estimate of drug-likeness (QED) is 0.825. The van der Waals surface area contributed by atoms with Gasteiger partial charge in [0.15, 0.2) is 0 Å². The Hall–Kier alpha value is -1.65. The zero-order chi connectivity index (χ0) is 14.4. The first-order valence-corrected chi connectivity index (χ1v) is 7.12. The second-order valence-electron chi connectivity index (χ2n) is 4.06. The first-order valence-electron chi connectivity index (χ1n) is 6.11. The van der Waals surface area contributed by atoms with Crippen molar-refractivity contribution in [3.8, 4) is 11.5 Å². The zero-order valence-electron chi connectivity index (χ0n) is 10.7. The number of rotatable bonds is 5. The van der Waals surface area contributed by atoms with Gasteiger partial charge in [-0.2, -0.15) is 12.6 Å². The van der Waals surface area contributed by atoms with Gasteiger partial charge in [-0.3, -0.25) is 4.79 Å². The predicted octanol–water partition coefficient (Wildman–Crippen LogP) is 3.79. The molecule has 1 N–H and O–H groups in total. The lowest BCUT2D eigenvalue weighted by Crippen LogP contribution is -2.25. The molecule has 104 valence electrons. The number of carbonyl (C=O) groups excluding carboxylic acids is 1. The Morgan fingerprint density at radius 1 is 1.15 bits per heavy atom. The molecule has 0 aliphatic rings. The summed E-state index contributed by atoms with van der Waals surface area (Å²) in [6.45, 7) is 0.532. The Bertz CT molecular complexity index is 587. The molecule has 20 heavy (non-hydrogen) atoms. The van der Waals surface area contributed by atoms with E-state index in [1.54, 1.807) is 48.5 Å². The van der Waals surface area contributed by atoms with Crippen LogP contribution in [-0.2, 0) is 0 Å². The van der Waals surface area contributed by atoms with Crippen LogP contribution in [-0.4, -0.2) is 18.2 Å². The number of hydrogen-bond donors (Lipinski definition) is 2. The number of thiol groups is 1. The van der Waals surface area contributed by atoms with Crippen LogP contribution >= 0.6 is 24.2 Å². The predicted molar refractivity (Wildman–Crippen MR) is 84.2 cm³/mol. The van der Waals surface area contributed by atoms with E-state index in [0.717, 1.165) is 0 Å². The van der Waals surface area contributed by atoms with Crippen molar-refractivity contribution in [1.82, 2.24) is 5.32 Å². The summed E-state index contributed by atoms with van der Waals surface area (Å²) in [4.78, 5) is 11.8. The van der Waals surface area contributed by atoms with Gasteiger partial charge < -0.3 is 10.1 Å². The van der Waals surface area contributed by atoms with Crippen molar-refractivity contribution < 1.29 is 9.53 Å². The lowest BCUT2D eigenvalue weighted by atomic mass is 10.2. The lowest BCUT2D eigenvalue weighted by Gasteiger charge is -2.08. The SMILES string of the molecule is O=C(NCCS)c1cccc(Oc2ccc(Cl)cc2)c1. The number of hydrogen-bond acceptors (Lipinski definition) is 3.